The molecule has 0 radical (unpaired) electrons. The Kier molecular flexibility index (Phi) is 3.97. The molecule has 0 bridgehead atoms. The van der Waals surface area contributed by atoms with Crippen LogP contribution < -0.4 is 0 Å². The van der Waals surface area contributed by atoms with E-state index in [1.807, 2.05) is 24.3 Å². The highest BCUT2D eigenvalue weighted by molar-refractivity contribution is 7.21. The van der Waals surface area contributed by atoms with Crippen molar-refractivity contribution in [2.24, 2.45) is 0 Å². The van der Waals surface area contributed by atoms with Crippen molar-refractivity contribution in [3.63, 3.8) is 0 Å². The molecule has 0 aliphatic carbocycles. The zero-order valence-electron chi connectivity index (χ0n) is 12.2. The largest absolute Gasteiger partial charge is 0.477 e. The summed E-state index contributed by atoms with van der Waals surface area (Å²) in [4.78, 5) is 14.3. The maximum absolute atomic E-state index is 11.5. The van der Waals surface area contributed by atoms with Crippen LogP contribution >= 0.6 is 11.3 Å². The van der Waals surface area contributed by atoms with Crippen molar-refractivity contribution in [2.45, 2.75) is 32.6 Å². The number of hydrogen-bond donors (Lipinski definition) is 1. The Labute approximate surface area is 127 Å². The number of carboxylic acids is 1. The molecule has 0 saturated carbocycles. The molecule has 1 aliphatic rings. The zero-order valence-corrected chi connectivity index (χ0v) is 13.0. The molecule has 2 unspecified atom stereocenters. The number of carbonyl (C=O) groups is 1. The summed E-state index contributed by atoms with van der Waals surface area (Å²) in [5, 5.41) is 10.5. The monoisotopic (exact) mass is 305 g/mol. The van der Waals surface area contributed by atoms with Crippen LogP contribution in [-0.4, -0.2) is 41.3 Å². The van der Waals surface area contributed by atoms with Crippen LogP contribution in [0.1, 0.15) is 29.1 Å². The molecule has 5 heteroatoms. The molecule has 1 saturated heterocycles. The first-order valence-electron chi connectivity index (χ1n) is 7.16. The van der Waals surface area contributed by atoms with Gasteiger partial charge in [-0.3, -0.25) is 4.90 Å². The molecule has 1 fully saturated rings. The summed E-state index contributed by atoms with van der Waals surface area (Å²) in [6.45, 7) is 6.48. The fourth-order valence-corrected chi connectivity index (χ4v) is 4.12. The van der Waals surface area contributed by atoms with Crippen LogP contribution in [0.4, 0.5) is 0 Å². The molecule has 4 nitrogen and oxygen atoms in total. The molecule has 0 spiro atoms. The fraction of sp³-hybridized carbons (Fsp3) is 0.438. The number of thiophene rings is 1. The third kappa shape index (κ3) is 2.95. The summed E-state index contributed by atoms with van der Waals surface area (Å²) in [5.74, 6) is -0.833. The highest BCUT2D eigenvalue weighted by Crippen LogP contribution is 2.32. The van der Waals surface area contributed by atoms with E-state index in [2.05, 4.69) is 18.7 Å². The second-order valence-electron chi connectivity index (χ2n) is 5.66. The summed E-state index contributed by atoms with van der Waals surface area (Å²) in [5.41, 5.74) is 0.935. The second kappa shape index (κ2) is 5.75. The first-order valence-corrected chi connectivity index (χ1v) is 7.97. The molecular formula is C16H19NO3S. The van der Waals surface area contributed by atoms with Crippen LogP contribution in [0, 0.1) is 0 Å². The van der Waals surface area contributed by atoms with Gasteiger partial charge in [0.2, 0.25) is 0 Å². The van der Waals surface area contributed by atoms with Gasteiger partial charge in [-0.25, -0.2) is 4.79 Å². The predicted octanol–water partition coefficient (Wildman–Crippen LogP) is 3.21. The van der Waals surface area contributed by atoms with Gasteiger partial charge in [-0.1, -0.05) is 18.2 Å². The number of benzene rings is 1. The van der Waals surface area contributed by atoms with Crippen molar-refractivity contribution in [3.8, 4) is 0 Å². The van der Waals surface area contributed by atoms with Gasteiger partial charge in [0.25, 0.3) is 0 Å². The van der Waals surface area contributed by atoms with Crippen molar-refractivity contribution < 1.29 is 14.6 Å². The minimum atomic E-state index is -0.833. The number of carboxylic acid groups (broad SMARTS) is 1. The lowest BCUT2D eigenvalue weighted by Crippen LogP contribution is -2.44. The molecule has 21 heavy (non-hydrogen) atoms. The summed E-state index contributed by atoms with van der Waals surface area (Å²) in [6.07, 6.45) is 0.374. The number of aromatic carboxylic acids is 1. The molecule has 112 valence electrons. The number of ether oxygens (including phenoxy) is 1. The second-order valence-corrected chi connectivity index (χ2v) is 6.71. The Morgan fingerprint density at radius 3 is 2.67 bits per heavy atom. The third-order valence-electron chi connectivity index (χ3n) is 3.77. The molecule has 1 aliphatic heterocycles. The topological polar surface area (TPSA) is 49.8 Å². The van der Waals surface area contributed by atoms with Gasteiger partial charge in [0.05, 0.1) is 12.2 Å². The number of morpholine rings is 1. The molecule has 2 atom stereocenters. The van der Waals surface area contributed by atoms with Crippen LogP contribution in [0.25, 0.3) is 10.1 Å². The van der Waals surface area contributed by atoms with Gasteiger partial charge < -0.3 is 9.84 Å². The zero-order chi connectivity index (χ0) is 15.0. The SMILES string of the molecule is CC1CN(Cc2c(C(=O)O)sc3ccccc23)CC(C)O1. The van der Waals surface area contributed by atoms with Gasteiger partial charge in [-0.05, 0) is 30.9 Å². The van der Waals surface area contributed by atoms with Crippen LogP contribution in [0.5, 0.6) is 0 Å². The molecule has 0 amide bonds. The van der Waals surface area contributed by atoms with E-state index in [-0.39, 0.29) is 12.2 Å². The highest BCUT2D eigenvalue weighted by atomic mass is 32.1. The average molecular weight is 305 g/mol. The highest BCUT2D eigenvalue weighted by Gasteiger charge is 2.25. The number of hydrogen-bond acceptors (Lipinski definition) is 4. The van der Waals surface area contributed by atoms with Crippen LogP contribution in [0.15, 0.2) is 24.3 Å². The van der Waals surface area contributed by atoms with Crippen LogP contribution in [0.2, 0.25) is 0 Å². The predicted molar refractivity (Wildman–Crippen MR) is 84.1 cm³/mol. The average Bonchev–Trinajstić information content (AvgIpc) is 2.77. The molecule has 1 N–H and O–H groups in total. The van der Waals surface area contributed by atoms with Crippen LogP contribution in [0.3, 0.4) is 0 Å². The van der Waals surface area contributed by atoms with E-state index in [4.69, 9.17) is 4.74 Å². The summed E-state index contributed by atoms with van der Waals surface area (Å²) in [7, 11) is 0. The quantitative estimate of drug-likeness (QED) is 0.946. The van der Waals surface area contributed by atoms with Gasteiger partial charge in [0.1, 0.15) is 4.88 Å². The molecule has 1 aromatic carbocycles. The maximum Gasteiger partial charge on any atom is 0.346 e. The smallest absolute Gasteiger partial charge is 0.346 e. The Morgan fingerprint density at radius 1 is 1.33 bits per heavy atom. The third-order valence-corrected chi connectivity index (χ3v) is 4.97. The normalized spacial score (nSPS) is 23.5. The van der Waals surface area contributed by atoms with E-state index in [1.54, 1.807) is 0 Å². The lowest BCUT2D eigenvalue weighted by atomic mass is 10.1. The van der Waals surface area contributed by atoms with E-state index in [0.29, 0.717) is 11.4 Å². The van der Waals surface area contributed by atoms with Crippen molar-refractivity contribution in [2.75, 3.05) is 13.1 Å². The standard InChI is InChI=1S/C16H19NO3S/c1-10-7-17(8-11(2)20-10)9-13-12-5-3-4-6-14(12)21-15(13)16(18)19/h3-6,10-11H,7-9H2,1-2H3,(H,18,19). The minimum absolute atomic E-state index is 0.187. The summed E-state index contributed by atoms with van der Waals surface area (Å²) >= 11 is 1.36. The van der Waals surface area contributed by atoms with Crippen molar-refractivity contribution >= 4 is 27.4 Å². The van der Waals surface area contributed by atoms with E-state index >= 15 is 0 Å². The Morgan fingerprint density at radius 2 is 2.00 bits per heavy atom. The number of nitrogens with zero attached hydrogens (tertiary/aromatic N) is 1. The van der Waals surface area contributed by atoms with Crippen molar-refractivity contribution in [3.05, 3.63) is 34.7 Å². The number of fused-ring (bicyclic) bond motifs is 1. The van der Waals surface area contributed by atoms with Gasteiger partial charge in [-0.15, -0.1) is 11.3 Å². The Hall–Kier alpha value is -1.43. The van der Waals surface area contributed by atoms with Crippen molar-refractivity contribution in [1.82, 2.24) is 4.90 Å². The van der Waals surface area contributed by atoms with Gasteiger partial charge in [0, 0.05) is 24.3 Å². The van der Waals surface area contributed by atoms with E-state index in [9.17, 15) is 9.90 Å². The lowest BCUT2D eigenvalue weighted by molar-refractivity contribution is -0.0704. The first-order chi connectivity index (χ1) is 10.0. The fourth-order valence-electron chi connectivity index (χ4n) is 3.07. The minimum Gasteiger partial charge on any atom is -0.477 e. The van der Waals surface area contributed by atoms with Gasteiger partial charge >= 0.3 is 5.97 Å². The van der Waals surface area contributed by atoms with E-state index in [0.717, 1.165) is 28.7 Å². The van der Waals surface area contributed by atoms with Crippen molar-refractivity contribution in [1.29, 1.82) is 0 Å². The molecule has 3 rings (SSSR count). The lowest BCUT2D eigenvalue weighted by Gasteiger charge is -2.35. The van der Waals surface area contributed by atoms with E-state index in [1.165, 1.54) is 11.3 Å². The molecule has 1 aromatic heterocycles. The van der Waals surface area contributed by atoms with E-state index < -0.39 is 5.97 Å². The molecular weight excluding hydrogens is 286 g/mol. The Balaban J connectivity index is 1.95. The first kappa shape index (κ1) is 14.5. The number of rotatable bonds is 3. The maximum atomic E-state index is 11.5. The summed E-state index contributed by atoms with van der Waals surface area (Å²) in [6, 6.07) is 7.92. The summed E-state index contributed by atoms with van der Waals surface area (Å²) < 4.78 is 6.79. The van der Waals surface area contributed by atoms with Gasteiger partial charge in [0.15, 0.2) is 0 Å². The molecule has 2 aromatic rings. The van der Waals surface area contributed by atoms with Gasteiger partial charge in [-0.2, -0.15) is 0 Å². The van der Waals surface area contributed by atoms with Crippen LogP contribution in [-0.2, 0) is 11.3 Å². The Bertz CT molecular complexity index is 657. The molecule has 2 heterocycles.